The number of hydrogen-bond acceptors (Lipinski definition) is 2. The number of piperidine rings is 1. The van der Waals surface area contributed by atoms with Gasteiger partial charge in [-0.2, -0.15) is 0 Å². The molecule has 4 atom stereocenters. The first kappa shape index (κ1) is 15.3. The Bertz CT molecular complexity index is 264. The largest absolute Gasteiger partial charge is 0.329 e. The van der Waals surface area contributed by atoms with Crippen LogP contribution in [0, 0.1) is 17.8 Å². The first-order chi connectivity index (χ1) is 9.13. The van der Waals surface area contributed by atoms with Crippen molar-refractivity contribution < 1.29 is 0 Å². The van der Waals surface area contributed by atoms with Crippen LogP contribution in [-0.4, -0.2) is 30.1 Å². The van der Waals surface area contributed by atoms with Crippen LogP contribution in [0.2, 0.25) is 0 Å². The van der Waals surface area contributed by atoms with Gasteiger partial charge in [0.15, 0.2) is 0 Å². The quantitative estimate of drug-likeness (QED) is 0.790. The number of rotatable bonds is 3. The molecule has 1 aliphatic carbocycles. The standard InChI is InChI=1S/C17H34N2/c1-13(2)15-7-4-8-16(10-9-15)19-11-5-6-14(3)17(19)12-18/h13-17H,4-12,18H2,1-3H3. The number of nitrogens with zero attached hydrogens (tertiary/aromatic N) is 1. The molecule has 112 valence electrons. The van der Waals surface area contributed by atoms with E-state index in [4.69, 9.17) is 5.73 Å². The molecule has 0 amide bonds. The van der Waals surface area contributed by atoms with Crippen molar-refractivity contribution in [3.8, 4) is 0 Å². The Hall–Kier alpha value is -0.0800. The van der Waals surface area contributed by atoms with Crippen molar-refractivity contribution in [1.82, 2.24) is 4.90 Å². The molecule has 2 N–H and O–H groups in total. The van der Waals surface area contributed by atoms with E-state index >= 15 is 0 Å². The molecule has 0 aromatic heterocycles. The Morgan fingerprint density at radius 1 is 1.05 bits per heavy atom. The molecule has 0 aromatic rings. The van der Waals surface area contributed by atoms with E-state index in [0.29, 0.717) is 6.04 Å². The smallest absolute Gasteiger partial charge is 0.0246 e. The average molecular weight is 266 g/mol. The first-order valence-corrected chi connectivity index (χ1v) is 8.59. The number of hydrogen-bond donors (Lipinski definition) is 1. The van der Waals surface area contributed by atoms with Crippen LogP contribution < -0.4 is 5.73 Å². The lowest BCUT2D eigenvalue weighted by Crippen LogP contribution is -2.53. The van der Waals surface area contributed by atoms with Crippen LogP contribution >= 0.6 is 0 Å². The molecular formula is C17H34N2. The van der Waals surface area contributed by atoms with Crippen molar-refractivity contribution in [2.45, 2.75) is 77.8 Å². The van der Waals surface area contributed by atoms with Gasteiger partial charge in [0.1, 0.15) is 0 Å². The summed E-state index contributed by atoms with van der Waals surface area (Å²) in [6.45, 7) is 9.35. The minimum absolute atomic E-state index is 0.648. The summed E-state index contributed by atoms with van der Waals surface area (Å²) in [5, 5.41) is 0. The highest BCUT2D eigenvalue weighted by Crippen LogP contribution is 2.34. The third kappa shape index (κ3) is 3.72. The summed E-state index contributed by atoms with van der Waals surface area (Å²) < 4.78 is 0. The van der Waals surface area contributed by atoms with E-state index in [0.717, 1.165) is 30.3 Å². The van der Waals surface area contributed by atoms with E-state index in [1.807, 2.05) is 0 Å². The summed E-state index contributed by atoms with van der Waals surface area (Å²) in [6, 6.07) is 1.47. The number of likely N-dealkylation sites (tertiary alicyclic amines) is 1. The summed E-state index contributed by atoms with van der Waals surface area (Å²) in [5.74, 6) is 2.62. The number of nitrogens with two attached hydrogens (primary N) is 1. The molecule has 2 heteroatoms. The van der Waals surface area contributed by atoms with Crippen molar-refractivity contribution in [2.24, 2.45) is 23.5 Å². The van der Waals surface area contributed by atoms with Crippen LogP contribution in [0.15, 0.2) is 0 Å². The molecule has 0 spiro atoms. The van der Waals surface area contributed by atoms with Gasteiger partial charge in [0.05, 0.1) is 0 Å². The third-order valence-corrected chi connectivity index (χ3v) is 5.79. The maximum absolute atomic E-state index is 6.06. The zero-order chi connectivity index (χ0) is 13.8. The molecule has 0 radical (unpaired) electrons. The monoisotopic (exact) mass is 266 g/mol. The van der Waals surface area contributed by atoms with Crippen LogP contribution in [0.25, 0.3) is 0 Å². The Morgan fingerprint density at radius 2 is 1.84 bits per heavy atom. The van der Waals surface area contributed by atoms with E-state index in [2.05, 4.69) is 25.7 Å². The molecule has 0 aromatic carbocycles. The van der Waals surface area contributed by atoms with Crippen LogP contribution in [0.5, 0.6) is 0 Å². The lowest BCUT2D eigenvalue weighted by molar-refractivity contribution is 0.0543. The SMILES string of the molecule is CC(C)C1CCCC(N2CCCC(C)C2CN)CC1. The molecule has 19 heavy (non-hydrogen) atoms. The zero-order valence-electron chi connectivity index (χ0n) is 13.3. The normalized spacial score (nSPS) is 38.4. The van der Waals surface area contributed by atoms with Gasteiger partial charge in [0.25, 0.3) is 0 Å². The second-order valence-electron chi connectivity index (χ2n) is 7.33. The molecule has 2 aliphatic rings. The minimum Gasteiger partial charge on any atom is -0.329 e. The molecule has 1 aliphatic heterocycles. The van der Waals surface area contributed by atoms with Gasteiger partial charge in [0, 0.05) is 18.6 Å². The van der Waals surface area contributed by atoms with Gasteiger partial charge in [0.2, 0.25) is 0 Å². The van der Waals surface area contributed by atoms with Gasteiger partial charge in [-0.3, -0.25) is 4.90 Å². The van der Waals surface area contributed by atoms with Crippen LogP contribution in [0.3, 0.4) is 0 Å². The maximum Gasteiger partial charge on any atom is 0.0246 e. The predicted octanol–water partition coefficient (Wildman–Crippen LogP) is 3.65. The van der Waals surface area contributed by atoms with Crippen molar-refractivity contribution >= 4 is 0 Å². The second kappa shape index (κ2) is 7.08. The van der Waals surface area contributed by atoms with Crippen LogP contribution in [0.1, 0.15) is 65.7 Å². The van der Waals surface area contributed by atoms with Crippen LogP contribution in [-0.2, 0) is 0 Å². The third-order valence-electron chi connectivity index (χ3n) is 5.79. The Kier molecular flexibility index (Phi) is 5.70. The lowest BCUT2D eigenvalue weighted by atomic mass is 9.87. The molecule has 1 saturated carbocycles. The molecule has 1 saturated heterocycles. The fourth-order valence-electron chi connectivity index (χ4n) is 4.41. The maximum atomic E-state index is 6.06. The highest BCUT2D eigenvalue weighted by Gasteiger charge is 2.33. The van der Waals surface area contributed by atoms with Gasteiger partial charge in [-0.15, -0.1) is 0 Å². The van der Waals surface area contributed by atoms with Crippen LogP contribution in [0.4, 0.5) is 0 Å². The van der Waals surface area contributed by atoms with E-state index < -0.39 is 0 Å². The molecule has 2 rings (SSSR count). The molecule has 4 unspecified atom stereocenters. The average Bonchev–Trinajstić information content (AvgIpc) is 2.64. The van der Waals surface area contributed by atoms with Gasteiger partial charge in [-0.1, -0.05) is 33.6 Å². The van der Waals surface area contributed by atoms with E-state index in [9.17, 15) is 0 Å². The zero-order valence-corrected chi connectivity index (χ0v) is 13.3. The molecular weight excluding hydrogens is 232 g/mol. The Morgan fingerprint density at radius 3 is 2.53 bits per heavy atom. The Balaban J connectivity index is 1.96. The summed E-state index contributed by atoms with van der Waals surface area (Å²) in [4.78, 5) is 2.79. The second-order valence-corrected chi connectivity index (χ2v) is 7.33. The van der Waals surface area contributed by atoms with Crippen molar-refractivity contribution in [1.29, 1.82) is 0 Å². The molecule has 2 nitrogen and oxygen atoms in total. The highest BCUT2D eigenvalue weighted by molar-refractivity contribution is 4.88. The van der Waals surface area contributed by atoms with E-state index in [1.54, 1.807) is 0 Å². The highest BCUT2D eigenvalue weighted by atomic mass is 15.2. The van der Waals surface area contributed by atoms with Gasteiger partial charge in [-0.05, 0) is 56.4 Å². The topological polar surface area (TPSA) is 29.3 Å². The van der Waals surface area contributed by atoms with Gasteiger partial charge >= 0.3 is 0 Å². The van der Waals surface area contributed by atoms with Gasteiger partial charge < -0.3 is 5.73 Å². The fourth-order valence-corrected chi connectivity index (χ4v) is 4.41. The van der Waals surface area contributed by atoms with Crippen molar-refractivity contribution in [2.75, 3.05) is 13.1 Å². The predicted molar refractivity (Wildman–Crippen MR) is 83.1 cm³/mol. The summed E-state index contributed by atoms with van der Waals surface area (Å²) in [6.07, 6.45) is 9.88. The van der Waals surface area contributed by atoms with E-state index in [1.165, 1.54) is 51.5 Å². The first-order valence-electron chi connectivity index (χ1n) is 8.59. The van der Waals surface area contributed by atoms with Gasteiger partial charge in [-0.25, -0.2) is 0 Å². The molecule has 2 fully saturated rings. The van der Waals surface area contributed by atoms with Crippen molar-refractivity contribution in [3.63, 3.8) is 0 Å². The fraction of sp³-hybridized carbons (Fsp3) is 1.00. The minimum atomic E-state index is 0.648. The van der Waals surface area contributed by atoms with E-state index in [-0.39, 0.29) is 0 Å². The molecule has 1 heterocycles. The summed E-state index contributed by atoms with van der Waals surface area (Å²) in [5.41, 5.74) is 6.06. The lowest BCUT2D eigenvalue weighted by Gasteiger charge is -2.44. The Labute approximate surface area is 120 Å². The van der Waals surface area contributed by atoms with Crippen molar-refractivity contribution in [3.05, 3.63) is 0 Å². The molecule has 0 bridgehead atoms. The summed E-state index contributed by atoms with van der Waals surface area (Å²) >= 11 is 0. The summed E-state index contributed by atoms with van der Waals surface area (Å²) in [7, 11) is 0.